The number of hydrazine groups is 1. The smallest absolute Gasteiger partial charge is 0.256 e. The molecule has 7 heteroatoms. The van der Waals surface area contributed by atoms with Crippen molar-refractivity contribution in [2.45, 2.75) is 25.7 Å². The third kappa shape index (κ3) is 5.37. The van der Waals surface area contributed by atoms with Crippen LogP contribution in [-0.4, -0.2) is 61.6 Å². The second-order valence-corrected chi connectivity index (χ2v) is 9.46. The maximum absolute atomic E-state index is 14.4. The van der Waals surface area contributed by atoms with Gasteiger partial charge in [-0.15, -0.1) is 24.8 Å². The third-order valence-electron chi connectivity index (χ3n) is 7.73. The zero-order valence-electron chi connectivity index (χ0n) is 21.8. The summed E-state index contributed by atoms with van der Waals surface area (Å²) in [4.78, 5) is 19.4. The van der Waals surface area contributed by atoms with E-state index in [4.69, 9.17) is 0 Å². The van der Waals surface area contributed by atoms with Crippen molar-refractivity contribution in [2.75, 3.05) is 55.7 Å². The molecule has 2 aliphatic rings. The molecule has 0 aliphatic carbocycles. The summed E-state index contributed by atoms with van der Waals surface area (Å²) in [5, 5.41) is 4.11. The summed E-state index contributed by atoms with van der Waals surface area (Å²) < 4.78 is 0. The van der Waals surface area contributed by atoms with Gasteiger partial charge in [0.1, 0.15) is 5.41 Å². The van der Waals surface area contributed by atoms with E-state index in [1.54, 1.807) is 0 Å². The number of rotatable bonds is 8. The number of carbonyl (C=O) groups excluding carboxylic acids is 1. The van der Waals surface area contributed by atoms with Crippen molar-refractivity contribution < 1.29 is 4.79 Å². The summed E-state index contributed by atoms with van der Waals surface area (Å²) in [5.74, 6) is 0.177. The van der Waals surface area contributed by atoms with Crippen molar-refractivity contribution in [2.24, 2.45) is 0 Å². The van der Waals surface area contributed by atoms with E-state index in [0.29, 0.717) is 0 Å². The number of carbonyl (C=O) groups is 1. The van der Waals surface area contributed by atoms with Crippen molar-refractivity contribution in [1.29, 1.82) is 0 Å². The maximum Gasteiger partial charge on any atom is 0.256 e. The molecule has 1 amide bonds. The molecule has 5 nitrogen and oxygen atoms in total. The Morgan fingerprint density at radius 3 is 1.95 bits per heavy atom. The fourth-order valence-corrected chi connectivity index (χ4v) is 5.79. The Morgan fingerprint density at radius 1 is 0.757 bits per heavy atom. The average Bonchev–Trinajstić information content (AvgIpc) is 3.18. The van der Waals surface area contributed by atoms with Gasteiger partial charge in [0.2, 0.25) is 0 Å². The molecule has 1 unspecified atom stereocenters. The second kappa shape index (κ2) is 12.8. The van der Waals surface area contributed by atoms with Crippen LogP contribution in [0.3, 0.4) is 0 Å². The minimum atomic E-state index is -0.670. The third-order valence-corrected chi connectivity index (χ3v) is 7.73. The van der Waals surface area contributed by atoms with E-state index in [1.165, 1.54) is 5.69 Å². The zero-order valence-corrected chi connectivity index (χ0v) is 23.4. The highest BCUT2D eigenvalue weighted by Crippen LogP contribution is 2.49. The van der Waals surface area contributed by atoms with Crippen LogP contribution in [0.4, 0.5) is 11.4 Å². The van der Waals surface area contributed by atoms with Crippen LogP contribution in [-0.2, 0) is 10.2 Å². The van der Waals surface area contributed by atoms with E-state index in [-0.39, 0.29) is 30.7 Å². The van der Waals surface area contributed by atoms with Crippen LogP contribution in [0.15, 0.2) is 84.9 Å². The topological polar surface area (TPSA) is 30.0 Å². The van der Waals surface area contributed by atoms with Crippen LogP contribution >= 0.6 is 24.8 Å². The van der Waals surface area contributed by atoms with E-state index in [9.17, 15) is 4.79 Å². The maximum atomic E-state index is 14.4. The lowest BCUT2D eigenvalue weighted by molar-refractivity contribution is -0.125. The Labute approximate surface area is 233 Å². The predicted octanol–water partition coefficient (Wildman–Crippen LogP) is 5.63. The molecule has 0 bridgehead atoms. The fraction of sp³-hybridized carbons (Fsp3) is 0.367. The lowest BCUT2D eigenvalue weighted by atomic mass is 9.72. The van der Waals surface area contributed by atoms with E-state index in [1.807, 2.05) is 17.1 Å². The summed E-state index contributed by atoms with van der Waals surface area (Å²) in [6, 6.07) is 29.5. The number of amides is 1. The van der Waals surface area contributed by atoms with Crippen molar-refractivity contribution in [3.63, 3.8) is 0 Å². The molecule has 1 fully saturated rings. The molecule has 0 saturated carbocycles. The molecular weight excluding hydrogens is 503 g/mol. The van der Waals surface area contributed by atoms with E-state index in [2.05, 4.69) is 101 Å². The van der Waals surface area contributed by atoms with E-state index < -0.39 is 5.41 Å². The van der Waals surface area contributed by atoms with Crippen molar-refractivity contribution >= 4 is 42.1 Å². The van der Waals surface area contributed by atoms with Gasteiger partial charge in [-0.1, -0.05) is 80.6 Å². The fourth-order valence-electron chi connectivity index (χ4n) is 5.79. The van der Waals surface area contributed by atoms with E-state index in [0.717, 1.165) is 69.0 Å². The standard InChI is InChI=1S/C30H36N4O.2ClH/c1-3-33(4-2)34-28-18-12-11-17-27(28)30(29(34)35,25-13-7-5-8-14-25)19-20-31-21-23-32(24-22-31)26-15-9-6-10-16-26;;/h5-18H,3-4,19-24H2,1-2H3;2*1H. The molecular formula is C30H38Cl2N4O. The van der Waals surface area contributed by atoms with Crippen LogP contribution in [0.25, 0.3) is 0 Å². The van der Waals surface area contributed by atoms with Crippen molar-refractivity contribution in [1.82, 2.24) is 9.91 Å². The summed E-state index contributed by atoms with van der Waals surface area (Å²) in [7, 11) is 0. The predicted molar refractivity (Wildman–Crippen MR) is 158 cm³/mol. The summed E-state index contributed by atoms with van der Waals surface area (Å²) in [5.41, 5.74) is 3.87. The van der Waals surface area contributed by atoms with Gasteiger partial charge in [-0.25, -0.2) is 10.0 Å². The lowest BCUT2D eigenvalue weighted by Gasteiger charge is -2.38. The molecule has 3 aromatic rings. The molecule has 0 spiro atoms. The molecule has 0 N–H and O–H groups in total. The molecule has 0 radical (unpaired) electrons. The highest BCUT2D eigenvalue weighted by atomic mass is 35.5. The summed E-state index contributed by atoms with van der Waals surface area (Å²) in [6.07, 6.45) is 0.774. The van der Waals surface area contributed by atoms with Gasteiger partial charge in [-0.05, 0) is 42.3 Å². The molecule has 37 heavy (non-hydrogen) atoms. The molecule has 2 heterocycles. The minimum absolute atomic E-state index is 0. The molecule has 0 aromatic heterocycles. The first kappa shape index (κ1) is 29.0. The number of benzene rings is 3. The Hall–Kier alpha value is -2.57. The lowest BCUT2D eigenvalue weighted by Crippen LogP contribution is -2.52. The number of halogens is 2. The van der Waals surface area contributed by atoms with Gasteiger partial charge in [0, 0.05) is 45.0 Å². The number of hydrogen-bond acceptors (Lipinski definition) is 4. The quantitative estimate of drug-likeness (QED) is 0.370. The molecule has 5 rings (SSSR count). The molecule has 1 atom stereocenters. The summed E-state index contributed by atoms with van der Waals surface area (Å²) in [6.45, 7) is 10.8. The van der Waals surface area contributed by atoms with Crippen molar-refractivity contribution in [3.8, 4) is 0 Å². The SMILES string of the molecule is CCN(CC)N1C(=O)C(CCN2CCN(c3ccccc3)CC2)(c2ccccc2)c2ccccc21.Cl.Cl. The van der Waals surface area contributed by atoms with E-state index >= 15 is 0 Å². The number of fused-ring (bicyclic) bond motifs is 1. The zero-order chi connectivity index (χ0) is 24.3. The first-order chi connectivity index (χ1) is 17.2. The highest BCUT2D eigenvalue weighted by Gasteiger charge is 2.53. The van der Waals surface area contributed by atoms with Gasteiger partial charge in [0.25, 0.3) is 5.91 Å². The number of anilines is 2. The Kier molecular flexibility index (Phi) is 10.0. The second-order valence-electron chi connectivity index (χ2n) is 9.46. The molecule has 2 aliphatic heterocycles. The number of piperazine rings is 1. The van der Waals surface area contributed by atoms with Crippen LogP contribution in [0.1, 0.15) is 31.4 Å². The van der Waals surface area contributed by atoms with Crippen LogP contribution in [0.2, 0.25) is 0 Å². The monoisotopic (exact) mass is 540 g/mol. The Bertz CT molecular complexity index is 1130. The number of hydrogen-bond donors (Lipinski definition) is 0. The van der Waals surface area contributed by atoms with Gasteiger partial charge in [-0.3, -0.25) is 9.69 Å². The molecule has 1 saturated heterocycles. The van der Waals surface area contributed by atoms with Crippen LogP contribution < -0.4 is 9.91 Å². The highest BCUT2D eigenvalue weighted by molar-refractivity contribution is 6.09. The van der Waals surface area contributed by atoms with Gasteiger partial charge >= 0.3 is 0 Å². The Balaban J connectivity index is 0.00000190. The van der Waals surface area contributed by atoms with Gasteiger partial charge in [0.15, 0.2) is 0 Å². The molecule has 3 aromatic carbocycles. The first-order valence-electron chi connectivity index (χ1n) is 13.0. The summed E-state index contributed by atoms with van der Waals surface area (Å²) >= 11 is 0. The van der Waals surface area contributed by atoms with Gasteiger partial charge in [-0.2, -0.15) is 0 Å². The van der Waals surface area contributed by atoms with Crippen LogP contribution in [0, 0.1) is 0 Å². The van der Waals surface area contributed by atoms with Crippen molar-refractivity contribution in [3.05, 3.63) is 96.1 Å². The number of nitrogens with zero attached hydrogens (tertiary/aromatic N) is 4. The first-order valence-corrected chi connectivity index (χ1v) is 13.0. The average molecular weight is 542 g/mol. The number of para-hydroxylation sites is 2. The molecule has 198 valence electrons. The normalized spacial score (nSPS) is 19.4. The van der Waals surface area contributed by atoms with Gasteiger partial charge in [0.05, 0.1) is 5.69 Å². The van der Waals surface area contributed by atoms with Crippen LogP contribution in [0.5, 0.6) is 0 Å². The van der Waals surface area contributed by atoms with Gasteiger partial charge < -0.3 is 4.90 Å². The minimum Gasteiger partial charge on any atom is -0.369 e. The largest absolute Gasteiger partial charge is 0.369 e. The Morgan fingerprint density at radius 2 is 1.32 bits per heavy atom.